The van der Waals surface area contributed by atoms with Crippen LogP contribution in [-0.4, -0.2) is 73.4 Å². The minimum atomic E-state index is -4.31. The summed E-state index contributed by atoms with van der Waals surface area (Å²) in [6.45, 7) is 4.89. The van der Waals surface area contributed by atoms with Crippen LogP contribution in [0.25, 0.3) is 0 Å². The Morgan fingerprint density at radius 2 is 0.982 bits per heavy atom. The number of phosphoric acid groups is 1. The Labute approximate surface area is 342 Å². The van der Waals surface area contributed by atoms with Gasteiger partial charge in [-0.2, -0.15) is 0 Å². The van der Waals surface area contributed by atoms with Crippen molar-refractivity contribution in [3.63, 3.8) is 0 Å². The number of aliphatic hydroxyl groups is 1. The maximum atomic E-state index is 12.9. The van der Waals surface area contributed by atoms with E-state index in [1.165, 1.54) is 161 Å². The van der Waals surface area contributed by atoms with E-state index in [4.69, 9.17) is 9.05 Å². The summed E-state index contributed by atoms with van der Waals surface area (Å²) in [6, 6.07) is -0.758. The number of carbonyl (C=O) groups is 1. The first-order chi connectivity index (χ1) is 26.5. The number of rotatable bonds is 43. The minimum absolute atomic E-state index is 0.0758. The van der Waals surface area contributed by atoms with Gasteiger partial charge in [-0.3, -0.25) is 13.8 Å². The normalized spacial score (nSPS) is 14.4. The zero-order chi connectivity index (χ0) is 40.7. The Balaban J connectivity index is 4.31. The lowest BCUT2D eigenvalue weighted by Gasteiger charge is -2.26. The molecule has 0 bridgehead atoms. The maximum Gasteiger partial charge on any atom is 0.472 e. The number of hydrogen-bond acceptors (Lipinski definition) is 5. The van der Waals surface area contributed by atoms with Gasteiger partial charge >= 0.3 is 7.82 Å². The minimum Gasteiger partial charge on any atom is -0.391 e. The highest BCUT2D eigenvalue weighted by Crippen LogP contribution is 2.43. The number of nitrogens with one attached hydrogen (secondary N) is 1. The van der Waals surface area contributed by atoms with Crippen molar-refractivity contribution in [3.8, 4) is 0 Å². The molecule has 9 heteroatoms. The van der Waals surface area contributed by atoms with E-state index < -0.39 is 20.0 Å². The number of aliphatic hydroxyl groups excluding tert-OH is 1. The van der Waals surface area contributed by atoms with E-state index in [0.717, 1.165) is 38.5 Å². The first kappa shape index (κ1) is 54.2. The standard InChI is InChI=1S/C46H93N2O6P/c1-6-8-10-12-14-16-18-20-22-23-24-26-27-29-31-33-35-37-39-45(49)44(43-54-55(51,52)53-42-41-48(3,4)5)47-46(50)40-38-36-34-32-30-28-25-21-19-17-15-13-11-9-7-2/h17,19,44-45,49H,6-16,18,20-43H2,1-5H3,(H-,47,50,51,52)/p+1/b19-17-. The number of hydrogen-bond donors (Lipinski definition) is 3. The van der Waals surface area contributed by atoms with Gasteiger partial charge in [0.05, 0.1) is 39.9 Å². The lowest BCUT2D eigenvalue weighted by molar-refractivity contribution is -0.870. The molecule has 0 rings (SSSR count). The van der Waals surface area contributed by atoms with Crippen molar-refractivity contribution in [2.45, 2.75) is 238 Å². The average molecular weight is 802 g/mol. The number of nitrogens with zero attached hydrogens (tertiary/aromatic N) is 1. The van der Waals surface area contributed by atoms with Crippen molar-refractivity contribution in [2.24, 2.45) is 0 Å². The van der Waals surface area contributed by atoms with Crippen LogP contribution in [0.15, 0.2) is 12.2 Å². The van der Waals surface area contributed by atoms with E-state index in [2.05, 4.69) is 31.3 Å². The van der Waals surface area contributed by atoms with E-state index >= 15 is 0 Å². The molecule has 1 amide bonds. The summed E-state index contributed by atoms with van der Waals surface area (Å²) < 4.78 is 23.7. The predicted molar refractivity (Wildman–Crippen MR) is 235 cm³/mol. The lowest BCUT2D eigenvalue weighted by Crippen LogP contribution is -2.46. The molecular weight excluding hydrogens is 707 g/mol. The molecule has 3 unspecified atom stereocenters. The third kappa shape index (κ3) is 41.2. The van der Waals surface area contributed by atoms with Crippen LogP contribution in [-0.2, 0) is 18.4 Å². The summed E-state index contributed by atoms with van der Waals surface area (Å²) >= 11 is 0. The average Bonchev–Trinajstić information content (AvgIpc) is 3.13. The molecule has 0 aromatic rings. The van der Waals surface area contributed by atoms with Crippen LogP contribution in [0.1, 0.15) is 226 Å². The van der Waals surface area contributed by atoms with Gasteiger partial charge in [-0.15, -0.1) is 0 Å². The van der Waals surface area contributed by atoms with Crippen LogP contribution in [0.4, 0.5) is 0 Å². The highest BCUT2D eigenvalue weighted by molar-refractivity contribution is 7.47. The van der Waals surface area contributed by atoms with Crippen molar-refractivity contribution < 1.29 is 32.9 Å². The highest BCUT2D eigenvalue weighted by Gasteiger charge is 2.28. The number of likely N-dealkylation sites (N-methyl/N-ethyl adjacent to an activating group) is 1. The highest BCUT2D eigenvalue weighted by atomic mass is 31.2. The summed E-state index contributed by atoms with van der Waals surface area (Å²) in [5.74, 6) is -0.148. The SMILES string of the molecule is CCCCCC/C=C\CCCCCCCCCC(=O)NC(COP(=O)(O)OCC[N+](C)(C)C)C(O)CCCCCCCCCCCCCCCCCCCC. The summed E-state index contributed by atoms with van der Waals surface area (Å²) in [7, 11) is 1.62. The number of unbranched alkanes of at least 4 members (excludes halogenated alkanes) is 28. The first-order valence-electron chi connectivity index (χ1n) is 23.6. The van der Waals surface area contributed by atoms with E-state index in [1.54, 1.807) is 0 Å². The number of phosphoric ester groups is 1. The second kappa shape index (κ2) is 38.7. The van der Waals surface area contributed by atoms with Crippen LogP contribution in [0.5, 0.6) is 0 Å². The molecule has 0 aliphatic carbocycles. The van der Waals surface area contributed by atoms with Crippen LogP contribution >= 0.6 is 7.82 Å². The Kier molecular flexibility index (Phi) is 38.2. The van der Waals surface area contributed by atoms with Crippen molar-refractivity contribution in [2.75, 3.05) is 40.9 Å². The van der Waals surface area contributed by atoms with Crippen molar-refractivity contribution in [3.05, 3.63) is 12.2 Å². The van der Waals surface area contributed by atoms with Crippen molar-refractivity contribution in [1.29, 1.82) is 0 Å². The first-order valence-corrected chi connectivity index (χ1v) is 25.0. The third-order valence-electron chi connectivity index (χ3n) is 10.8. The molecule has 0 aromatic heterocycles. The number of carbonyl (C=O) groups excluding carboxylic acids is 1. The number of amides is 1. The van der Waals surface area contributed by atoms with E-state index in [0.29, 0.717) is 23.9 Å². The molecule has 0 aliphatic heterocycles. The van der Waals surface area contributed by atoms with Crippen molar-refractivity contribution in [1.82, 2.24) is 5.32 Å². The van der Waals surface area contributed by atoms with Gasteiger partial charge in [-0.25, -0.2) is 4.57 Å². The molecule has 0 heterocycles. The van der Waals surface area contributed by atoms with Crippen LogP contribution < -0.4 is 5.32 Å². The summed E-state index contributed by atoms with van der Waals surface area (Å²) in [4.78, 5) is 23.2. The Morgan fingerprint density at radius 1 is 0.600 bits per heavy atom. The van der Waals surface area contributed by atoms with Gasteiger partial charge in [-0.05, 0) is 38.5 Å². The van der Waals surface area contributed by atoms with Gasteiger partial charge in [0.15, 0.2) is 0 Å². The molecule has 0 radical (unpaired) electrons. The Bertz CT molecular complexity index is 911. The molecule has 0 spiro atoms. The van der Waals surface area contributed by atoms with E-state index in [9.17, 15) is 19.4 Å². The van der Waals surface area contributed by atoms with Crippen LogP contribution in [0.3, 0.4) is 0 Å². The molecule has 0 aliphatic rings. The summed E-state index contributed by atoms with van der Waals surface area (Å²) in [6.07, 6.45) is 43.7. The molecule has 0 aromatic carbocycles. The number of allylic oxidation sites excluding steroid dienone is 2. The molecule has 55 heavy (non-hydrogen) atoms. The van der Waals surface area contributed by atoms with Gasteiger partial charge in [0.1, 0.15) is 13.2 Å². The smallest absolute Gasteiger partial charge is 0.391 e. The quantitative estimate of drug-likeness (QED) is 0.0245. The molecular formula is C46H94N2O6P+. The van der Waals surface area contributed by atoms with Gasteiger partial charge in [0, 0.05) is 6.42 Å². The lowest BCUT2D eigenvalue weighted by atomic mass is 10.0. The second-order valence-corrected chi connectivity index (χ2v) is 18.9. The fraction of sp³-hybridized carbons (Fsp3) is 0.935. The predicted octanol–water partition coefficient (Wildman–Crippen LogP) is 13.1. The zero-order valence-electron chi connectivity index (χ0n) is 37.2. The topological polar surface area (TPSA) is 105 Å². The zero-order valence-corrected chi connectivity index (χ0v) is 38.1. The Hall–Kier alpha value is -0.760. The van der Waals surface area contributed by atoms with E-state index in [-0.39, 0.29) is 19.1 Å². The van der Waals surface area contributed by atoms with E-state index in [1.807, 2.05) is 21.1 Å². The Morgan fingerprint density at radius 3 is 1.42 bits per heavy atom. The monoisotopic (exact) mass is 802 g/mol. The number of quaternary nitrogens is 1. The molecule has 3 N–H and O–H groups in total. The van der Waals surface area contributed by atoms with Gasteiger partial charge < -0.3 is 19.8 Å². The molecule has 0 saturated carbocycles. The van der Waals surface area contributed by atoms with Crippen LogP contribution in [0.2, 0.25) is 0 Å². The molecule has 0 saturated heterocycles. The fourth-order valence-electron chi connectivity index (χ4n) is 6.98. The third-order valence-corrected chi connectivity index (χ3v) is 11.7. The molecule has 3 atom stereocenters. The molecule has 8 nitrogen and oxygen atoms in total. The van der Waals surface area contributed by atoms with Gasteiger partial charge in [0.2, 0.25) is 5.91 Å². The second-order valence-electron chi connectivity index (χ2n) is 17.5. The summed E-state index contributed by atoms with van der Waals surface area (Å²) in [5, 5.41) is 14.0. The fourth-order valence-corrected chi connectivity index (χ4v) is 7.72. The van der Waals surface area contributed by atoms with Gasteiger partial charge in [-0.1, -0.05) is 193 Å². The summed E-state index contributed by atoms with van der Waals surface area (Å²) in [5.41, 5.74) is 0. The largest absolute Gasteiger partial charge is 0.472 e. The van der Waals surface area contributed by atoms with Gasteiger partial charge in [0.25, 0.3) is 0 Å². The molecule has 328 valence electrons. The maximum absolute atomic E-state index is 12.9. The molecule has 0 fully saturated rings. The van der Waals surface area contributed by atoms with Crippen molar-refractivity contribution >= 4 is 13.7 Å². The van der Waals surface area contributed by atoms with Crippen LogP contribution in [0, 0.1) is 0 Å².